The number of nitrogens with zero attached hydrogens (tertiary/aromatic N) is 1. The van der Waals surface area contributed by atoms with Crippen LogP contribution in [0.1, 0.15) is 19.3 Å². The van der Waals surface area contributed by atoms with Gasteiger partial charge in [-0.05, 0) is 31.4 Å². The second-order valence-corrected chi connectivity index (χ2v) is 4.51. The van der Waals surface area contributed by atoms with E-state index in [0.717, 1.165) is 11.4 Å². The summed E-state index contributed by atoms with van der Waals surface area (Å²) in [6.07, 6.45) is 3.63. The van der Waals surface area contributed by atoms with Crippen LogP contribution < -0.4 is 15.4 Å². The van der Waals surface area contributed by atoms with Gasteiger partial charge in [0, 0.05) is 13.6 Å². The van der Waals surface area contributed by atoms with Gasteiger partial charge in [-0.1, -0.05) is 12.1 Å². The predicted molar refractivity (Wildman–Crippen MR) is 67.0 cm³/mol. The van der Waals surface area contributed by atoms with Crippen molar-refractivity contribution in [2.24, 2.45) is 5.73 Å². The molecule has 0 saturated heterocycles. The molecule has 0 aromatic heterocycles. The molecule has 1 aromatic rings. The van der Waals surface area contributed by atoms with Crippen LogP contribution in [0.5, 0.6) is 5.75 Å². The first-order valence-electron chi connectivity index (χ1n) is 5.80. The third-order valence-corrected chi connectivity index (χ3v) is 3.82. The topological polar surface area (TPSA) is 38.5 Å². The Morgan fingerprint density at radius 3 is 2.56 bits per heavy atom. The highest BCUT2D eigenvalue weighted by Crippen LogP contribution is 2.41. The van der Waals surface area contributed by atoms with E-state index in [1.54, 1.807) is 7.11 Å². The lowest BCUT2D eigenvalue weighted by Gasteiger charge is -2.49. The molecule has 1 aliphatic carbocycles. The van der Waals surface area contributed by atoms with Crippen LogP contribution in [-0.2, 0) is 0 Å². The van der Waals surface area contributed by atoms with E-state index in [9.17, 15) is 0 Å². The number of hydrogen-bond donors (Lipinski definition) is 1. The zero-order valence-corrected chi connectivity index (χ0v) is 10.1. The highest BCUT2D eigenvalue weighted by molar-refractivity contribution is 5.60. The summed E-state index contributed by atoms with van der Waals surface area (Å²) in [5.74, 6) is 0.921. The Labute approximate surface area is 97.2 Å². The van der Waals surface area contributed by atoms with Crippen LogP contribution in [-0.4, -0.2) is 26.2 Å². The van der Waals surface area contributed by atoms with Crippen molar-refractivity contribution >= 4 is 5.69 Å². The highest BCUT2D eigenvalue weighted by atomic mass is 16.5. The molecule has 0 heterocycles. The SMILES string of the molecule is COc1ccccc1N(C)C1(CN)CCC1. The van der Waals surface area contributed by atoms with Crippen molar-refractivity contribution in [3.8, 4) is 5.75 Å². The molecule has 3 nitrogen and oxygen atoms in total. The molecule has 0 unspecified atom stereocenters. The van der Waals surface area contributed by atoms with Crippen molar-refractivity contribution in [1.82, 2.24) is 0 Å². The maximum Gasteiger partial charge on any atom is 0.142 e. The highest BCUT2D eigenvalue weighted by Gasteiger charge is 2.40. The van der Waals surface area contributed by atoms with Crippen molar-refractivity contribution < 1.29 is 4.74 Å². The smallest absolute Gasteiger partial charge is 0.142 e. The van der Waals surface area contributed by atoms with Crippen molar-refractivity contribution in [3.63, 3.8) is 0 Å². The minimum atomic E-state index is 0.147. The van der Waals surface area contributed by atoms with Crippen molar-refractivity contribution in [2.45, 2.75) is 24.8 Å². The normalized spacial score (nSPS) is 17.7. The van der Waals surface area contributed by atoms with E-state index in [1.165, 1.54) is 19.3 Å². The van der Waals surface area contributed by atoms with Gasteiger partial charge in [-0.25, -0.2) is 0 Å². The second-order valence-electron chi connectivity index (χ2n) is 4.51. The number of anilines is 1. The van der Waals surface area contributed by atoms with Crippen molar-refractivity contribution in [1.29, 1.82) is 0 Å². The van der Waals surface area contributed by atoms with Crippen LogP contribution in [0, 0.1) is 0 Å². The summed E-state index contributed by atoms with van der Waals surface area (Å²) in [7, 11) is 3.83. The van der Waals surface area contributed by atoms with Crippen molar-refractivity contribution in [3.05, 3.63) is 24.3 Å². The van der Waals surface area contributed by atoms with Crippen molar-refractivity contribution in [2.75, 3.05) is 25.6 Å². The summed E-state index contributed by atoms with van der Waals surface area (Å²) >= 11 is 0. The molecule has 88 valence electrons. The zero-order valence-electron chi connectivity index (χ0n) is 10.1. The molecule has 1 aliphatic rings. The first-order chi connectivity index (χ1) is 7.73. The number of benzene rings is 1. The summed E-state index contributed by atoms with van der Waals surface area (Å²) in [5.41, 5.74) is 7.20. The lowest BCUT2D eigenvalue weighted by Crippen LogP contribution is -2.57. The molecular formula is C13H20N2O. The molecule has 1 aromatic carbocycles. The van der Waals surface area contributed by atoms with Gasteiger partial charge in [-0.3, -0.25) is 0 Å². The van der Waals surface area contributed by atoms with Gasteiger partial charge in [0.2, 0.25) is 0 Å². The van der Waals surface area contributed by atoms with Crippen LogP contribution in [0.2, 0.25) is 0 Å². The van der Waals surface area contributed by atoms with Gasteiger partial charge < -0.3 is 15.4 Å². The Kier molecular flexibility index (Phi) is 3.06. The fourth-order valence-electron chi connectivity index (χ4n) is 2.42. The van der Waals surface area contributed by atoms with Crippen LogP contribution in [0.4, 0.5) is 5.69 Å². The molecule has 0 bridgehead atoms. The predicted octanol–water partition coefficient (Wildman–Crippen LogP) is 2.01. The molecule has 0 aliphatic heterocycles. The molecule has 1 fully saturated rings. The molecule has 3 heteroatoms. The third-order valence-electron chi connectivity index (χ3n) is 3.82. The van der Waals surface area contributed by atoms with E-state index in [0.29, 0.717) is 6.54 Å². The van der Waals surface area contributed by atoms with E-state index in [2.05, 4.69) is 18.0 Å². The maximum absolute atomic E-state index is 5.92. The van der Waals surface area contributed by atoms with Gasteiger partial charge in [0.1, 0.15) is 5.75 Å². The standard InChI is InChI=1S/C13H20N2O/c1-15(13(10-14)8-5-9-13)11-6-3-4-7-12(11)16-2/h3-4,6-7H,5,8-10,14H2,1-2H3. The first-order valence-corrected chi connectivity index (χ1v) is 5.80. The lowest BCUT2D eigenvalue weighted by atomic mass is 9.75. The first kappa shape index (κ1) is 11.3. The molecule has 0 radical (unpaired) electrons. The van der Waals surface area contributed by atoms with E-state index in [1.807, 2.05) is 18.2 Å². The lowest BCUT2D eigenvalue weighted by molar-refractivity contribution is 0.244. The summed E-state index contributed by atoms with van der Waals surface area (Å²) < 4.78 is 5.39. The molecule has 1 saturated carbocycles. The van der Waals surface area contributed by atoms with E-state index in [-0.39, 0.29) is 5.54 Å². The number of nitrogens with two attached hydrogens (primary N) is 1. The molecular weight excluding hydrogens is 200 g/mol. The molecule has 0 amide bonds. The quantitative estimate of drug-likeness (QED) is 0.843. The molecule has 0 spiro atoms. The second kappa shape index (κ2) is 4.34. The number of hydrogen-bond acceptors (Lipinski definition) is 3. The summed E-state index contributed by atoms with van der Waals surface area (Å²) in [6.45, 7) is 0.710. The fraction of sp³-hybridized carbons (Fsp3) is 0.538. The van der Waals surface area contributed by atoms with Crippen LogP contribution >= 0.6 is 0 Å². The summed E-state index contributed by atoms with van der Waals surface area (Å²) in [4.78, 5) is 2.29. The number of rotatable bonds is 4. The summed E-state index contributed by atoms with van der Waals surface area (Å²) in [5, 5.41) is 0. The largest absolute Gasteiger partial charge is 0.495 e. The van der Waals surface area contributed by atoms with Gasteiger partial charge in [0.15, 0.2) is 0 Å². The van der Waals surface area contributed by atoms with E-state index < -0.39 is 0 Å². The third kappa shape index (κ3) is 1.65. The minimum Gasteiger partial charge on any atom is -0.495 e. The summed E-state index contributed by atoms with van der Waals surface area (Å²) in [6, 6.07) is 8.12. The maximum atomic E-state index is 5.92. The van der Waals surface area contributed by atoms with E-state index >= 15 is 0 Å². The Hall–Kier alpha value is -1.22. The number of methoxy groups -OCH3 is 1. The van der Waals surface area contributed by atoms with Gasteiger partial charge in [0.25, 0.3) is 0 Å². The average molecular weight is 220 g/mol. The average Bonchev–Trinajstić information content (AvgIpc) is 2.28. The number of likely N-dealkylation sites (N-methyl/N-ethyl adjacent to an activating group) is 1. The van der Waals surface area contributed by atoms with Gasteiger partial charge in [0.05, 0.1) is 18.3 Å². The molecule has 2 rings (SSSR count). The minimum absolute atomic E-state index is 0.147. The van der Waals surface area contributed by atoms with Crippen LogP contribution in [0.3, 0.4) is 0 Å². The Morgan fingerprint density at radius 1 is 1.38 bits per heavy atom. The fourth-order valence-corrected chi connectivity index (χ4v) is 2.42. The van der Waals surface area contributed by atoms with Gasteiger partial charge in [-0.2, -0.15) is 0 Å². The zero-order chi connectivity index (χ0) is 11.6. The number of para-hydroxylation sites is 2. The Bertz CT molecular complexity index is 355. The Balaban J connectivity index is 2.29. The molecule has 16 heavy (non-hydrogen) atoms. The van der Waals surface area contributed by atoms with Gasteiger partial charge in [-0.15, -0.1) is 0 Å². The molecule has 2 N–H and O–H groups in total. The van der Waals surface area contributed by atoms with Gasteiger partial charge >= 0.3 is 0 Å². The van der Waals surface area contributed by atoms with E-state index in [4.69, 9.17) is 10.5 Å². The molecule has 0 atom stereocenters. The monoisotopic (exact) mass is 220 g/mol. The Morgan fingerprint density at radius 2 is 2.06 bits per heavy atom. The van der Waals surface area contributed by atoms with Crippen LogP contribution in [0.25, 0.3) is 0 Å². The number of ether oxygens (including phenoxy) is 1. The van der Waals surface area contributed by atoms with Crippen LogP contribution in [0.15, 0.2) is 24.3 Å².